The third-order valence-corrected chi connectivity index (χ3v) is 2.19. The Morgan fingerprint density at radius 2 is 2.25 bits per heavy atom. The van der Waals surface area contributed by atoms with Crippen molar-refractivity contribution in [3.63, 3.8) is 0 Å². The molecule has 0 aliphatic rings. The summed E-state index contributed by atoms with van der Waals surface area (Å²) in [5.41, 5.74) is 5.18. The zero-order chi connectivity index (χ0) is 12.0. The van der Waals surface area contributed by atoms with E-state index < -0.39 is 11.6 Å². The quantitative estimate of drug-likeness (QED) is 0.596. The van der Waals surface area contributed by atoms with Crippen molar-refractivity contribution in [2.75, 3.05) is 13.2 Å². The molecule has 1 rings (SSSR count). The molecule has 0 unspecified atom stereocenters. The molecule has 1 aromatic carbocycles. The maximum atomic E-state index is 13.4. The fourth-order valence-electron chi connectivity index (χ4n) is 1.26. The number of nitrogens with two attached hydrogens (primary N) is 1. The standard InChI is InChI=1S/C12H16FNO2/c1-2-3-6-16-9-4-5-10(11(13)7-9)12(15)8-14/h4-5,7H,2-3,6,8,14H2,1H3. The van der Waals surface area contributed by atoms with E-state index in [2.05, 4.69) is 0 Å². The summed E-state index contributed by atoms with van der Waals surface area (Å²) in [6, 6.07) is 4.21. The van der Waals surface area contributed by atoms with Crippen LogP contribution in [0.2, 0.25) is 0 Å². The second-order valence-electron chi connectivity index (χ2n) is 3.47. The summed E-state index contributed by atoms with van der Waals surface area (Å²) < 4.78 is 18.8. The van der Waals surface area contributed by atoms with Crippen LogP contribution in [0.1, 0.15) is 30.1 Å². The van der Waals surface area contributed by atoms with Crippen molar-refractivity contribution in [3.05, 3.63) is 29.6 Å². The molecule has 2 N–H and O–H groups in total. The van der Waals surface area contributed by atoms with Crippen molar-refractivity contribution < 1.29 is 13.9 Å². The Hall–Kier alpha value is -1.42. The first kappa shape index (κ1) is 12.6. The van der Waals surface area contributed by atoms with Gasteiger partial charge in [-0.15, -0.1) is 0 Å². The Kier molecular flexibility index (Phi) is 4.92. The molecule has 0 saturated heterocycles. The average molecular weight is 225 g/mol. The highest BCUT2D eigenvalue weighted by Gasteiger charge is 2.10. The van der Waals surface area contributed by atoms with Gasteiger partial charge >= 0.3 is 0 Å². The zero-order valence-electron chi connectivity index (χ0n) is 9.33. The highest BCUT2D eigenvalue weighted by molar-refractivity contribution is 5.97. The van der Waals surface area contributed by atoms with Gasteiger partial charge in [0.2, 0.25) is 0 Å². The monoisotopic (exact) mass is 225 g/mol. The summed E-state index contributed by atoms with van der Waals surface area (Å²) in [6.07, 6.45) is 1.94. The lowest BCUT2D eigenvalue weighted by molar-refractivity contribution is 0.0997. The molecule has 0 aliphatic heterocycles. The summed E-state index contributed by atoms with van der Waals surface area (Å²) in [4.78, 5) is 11.2. The van der Waals surface area contributed by atoms with Crippen LogP contribution in [0.25, 0.3) is 0 Å². The predicted octanol–water partition coefficient (Wildman–Crippen LogP) is 2.15. The molecular weight excluding hydrogens is 209 g/mol. The van der Waals surface area contributed by atoms with Gasteiger partial charge in [-0.05, 0) is 18.6 Å². The number of ether oxygens (including phenoxy) is 1. The van der Waals surface area contributed by atoms with Crippen molar-refractivity contribution in [2.24, 2.45) is 5.73 Å². The lowest BCUT2D eigenvalue weighted by Crippen LogP contribution is -2.15. The normalized spacial score (nSPS) is 10.2. The molecule has 0 saturated carbocycles. The van der Waals surface area contributed by atoms with Gasteiger partial charge in [-0.1, -0.05) is 13.3 Å². The molecule has 0 aliphatic carbocycles. The van der Waals surface area contributed by atoms with Crippen LogP contribution >= 0.6 is 0 Å². The molecule has 0 bridgehead atoms. The summed E-state index contributed by atoms with van der Waals surface area (Å²) in [7, 11) is 0. The summed E-state index contributed by atoms with van der Waals surface area (Å²) in [5, 5.41) is 0. The number of unbranched alkanes of at least 4 members (excludes halogenated alkanes) is 1. The molecular formula is C12H16FNO2. The first-order valence-corrected chi connectivity index (χ1v) is 5.34. The van der Waals surface area contributed by atoms with E-state index in [1.54, 1.807) is 6.07 Å². The minimum absolute atomic E-state index is 0.0188. The number of carbonyl (C=O) groups excluding carboxylic acids is 1. The molecule has 16 heavy (non-hydrogen) atoms. The van der Waals surface area contributed by atoms with E-state index >= 15 is 0 Å². The first-order chi connectivity index (χ1) is 7.69. The Labute approximate surface area is 94.4 Å². The molecule has 88 valence electrons. The van der Waals surface area contributed by atoms with Gasteiger partial charge in [-0.3, -0.25) is 4.79 Å². The smallest absolute Gasteiger partial charge is 0.179 e. The lowest BCUT2D eigenvalue weighted by atomic mass is 10.1. The number of benzene rings is 1. The van der Waals surface area contributed by atoms with Crippen LogP contribution in [-0.4, -0.2) is 18.9 Å². The Bertz CT molecular complexity index is 366. The van der Waals surface area contributed by atoms with Crippen LogP contribution in [-0.2, 0) is 0 Å². The van der Waals surface area contributed by atoms with Gasteiger partial charge in [0.1, 0.15) is 11.6 Å². The van der Waals surface area contributed by atoms with E-state index in [9.17, 15) is 9.18 Å². The molecule has 0 fully saturated rings. The number of rotatable bonds is 6. The number of ketones is 1. The Morgan fingerprint density at radius 3 is 2.81 bits per heavy atom. The van der Waals surface area contributed by atoms with Crippen molar-refractivity contribution in [1.29, 1.82) is 0 Å². The predicted molar refractivity (Wildman–Crippen MR) is 60.2 cm³/mol. The minimum Gasteiger partial charge on any atom is -0.493 e. The van der Waals surface area contributed by atoms with Crippen LogP contribution < -0.4 is 10.5 Å². The van der Waals surface area contributed by atoms with Gasteiger partial charge < -0.3 is 10.5 Å². The van der Waals surface area contributed by atoms with Crippen LogP contribution in [0.5, 0.6) is 5.75 Å². The van der Waals surface area contributed by atoms with Gasteiger partial charge in [-0.25, -0.2) is 4.39 Å². The van der Waals surface area contributed by atoms with Crippen LogP contribution in [0.4, 0.5) is 4.39 Å². The highest BCUT2D eigenvalue weighted by atomic mass is 19.1. The van der Waals surface area contributed by atoms with E-state index in [4.69, 9.17) is 10.5 Å². The van der Waals surface area contributed by atoms with E-state index in [-0.39, 0.29) is 12.1 Å². The molecule has 4 heteroatoms. The number of halogens is 1. The second kappa shape index (κ2) is 6.23. The van der Waals surface area contributed by atoms with Gasteiger partial charge in [0.05, 0.1) is 18.7 Å². The van der Waals surface area contributed by atoms with Gasteiger partial charge in [0.15, 0.2) is 5.78 Å². The third kappa shape index (κ3) is 3.31. The van der Waals surface area contributed by atoms with Crippen molar-refractivity contribution in [2.45, 2.75) is 19.8 Å². The molecule has 3 nitrogen and oxygen atoms in total. The number of carbonyl (C=O) groups is 1. The van der Waals surface area contributed by atoms with Crippen LogP contribution in [0.15, 0.2) is 18.2 Å². The molecule has 0 aromatic heterocycles. The maximum absolute atomic E-state index is 13.4. The molecule has 0 spiro atoms. The molecule has 0 heterocycles. The second-order valence-corrected chi connectivity index (χ2v) is 3.47. The van der Waals surface area contributed by atoms with Gasteiger partial charge in [0, 0.05) is 6.07 Å². The fourth-order valence-corrected chi connectivity index (χ4v) is 1.26. The maximum Gasteiger partial charge on any atom is 0.179 e. The molecule has 1 aromatic rings. The fraction of sp³-hybridized carbons (Fsp3) is 0.417. The van der Waals surface area contributed by atoms with Gasteiger partial charge in [0.25, 0.3) is 0 Å². The lowest BCUT2D eigenvalue weighted by Gasteiger charge is -2.06. The van der Waals surface area contributed by atoms with Crippen LogP contribution in [0, 0.1) is 5.82 Å². The average Bonchev–Trinajstić information content (AvgIpc) is 2.29. The minimum atomic E-state index is -0.579. The zero-order valence-corrected chi connectivity index (χ0v) is 9.33. The van der Waals surface area contributed by atoms with E-state index in [1.807, 2.05) is 6.92 Å². The van der Waals surface area contributed by atoms with Crippen LogP contribution in [0.3, 0.4) is 0 Å². The van der Waals surface area contributed by atoms with E-state index in [1.165, 1.54) is 12.1 Å². The largest absolute Gasteiger partial charge is 0.493 e. The topological polar surface area (TPSA) is 52.3 Å². The molecule has 0 atom stereocenters. The number of Topliss-reactive ketones (excluding diaryl/α,β-unsaturated/α-hetero) is 1. The van der Waals surface area contributed by atoms with Gasteiger partial charge in [-0.2, -0.15) is 0 Å². The number of hydrogen-bond acceptors (Lipinski definition) is 3. The van der Waals surface area contributed by atoms with E-state index in [0.717, 1.165) is 12.8 Å². The van der Waals surface area contributed by atoms with Crippen molar-refractivity contribution in [3.8, 4) is 5.75 Å². The van der Waals surface area contributed by atoms with E-state index in [0.29, 0.717) is 12.4 Å². The summed E-state index contributed by atoms with van der Waals surface area (Å²) >= 11 is 0. The highest BCUT2D eigenvalue weighted by Crippen LogP contribution is 2.17. The Morgan fingerprint density at radius 1 is 1.50 bits per heavy atom. The first-order valence-electron chi connectivity index (χ1n) is 5.34. The summed E-state index contributed by atoms with van der Waals surface area (Å²) in [5.74, 6) is -0.540. The third-order valence-electron chi connectivity index (χ3n) is 2.19. The number of hydrogen-bond donors (Lipinski definition) is 1. The molecule has 0 amide bonds. The summed E-state index contributed by atoms with van der Waals surface area (Å²) in [6.45, 7) is 2.42. The van der Waals surface area contributed by atoms with Crippen molar-refractivity contribution >= 4 is 5.78 Å². The van der Waals surface area contributed by atoms with Crippen molar-refractivity contribution in [1.82, 2.24) is 0 Å². The molecule has 0 radical (unpaired) electrons. The SMILES string of the molecule is CCCCOc1ccc(C(=O)CN)c(F)c1. The Balaban J connectivity index is 2.71.